The van der Waals surface area contributed by atoms with Crippen LogP contribution in [0.1, 0.15) is 24.4 Å². The molecule has 94 valence electrons. The van der Waals surface area contributed by atoms with Gasteiger partial charge < -0.3 is 20.7 Å². The van der Waals surface area contributed by atoms with Crippen molar-refractivity contribution in [3.63, 3.8) is 0 Å². The number of phenolic OH excluding ortho intramolecular Hbond substituents is 1. The van der Waals surface area contributed by atoms with Crippen LogP contribution in [0.5, 0.6) is 11.5 Å². The molecule has 0 radical (unpaired) electrons. The van der Waals surface area contributed by atoms with Gasteiger partial charge in [0, 0.05) is 18.0 Å². The summed E-state index contributed by atoms with van der Waals surface area (Å²) in [6.07, 6.45) is -0.0377. The van der Waals surface area contributed by atoms with Crippen LogP contribution in [0.3, 0.4) is 0 Å². The average Bonchev–Trinajstić information content (AvgIpc) is 2.26. The van der Waals surface area contributed by atoms with E-state index in [-0.39, 0.29) is 29.9 Å². The zero-order valence-electron chi connectivity index (χ0n) is 9.31. The van der Waals surface area contributed by atoms with Gasteiger partial charge in [-0.2, -0.15) is 0 Å². The molecule has 17 heavy (non-hydrogen) atoms. The Hall–Kier alpha value is -1.82. The highest BCUT2D eigenvalue weighted by molar-refractivity contribution is 5.66. The van der Waals surface area contributed by atoms with Gasteiger partial charge in [0.1, 0.15) is 0 Å². The summed E-state index contributed by atoms with van der Waals surface area (Å²) in [4.78, 5) is 10.4. The Morgan fingerprint density at radius 2 is 2.24 bits per heavy atom. The normalized spacial score (nSPS) is 12.2. The van der Waals surface area contributed by atoms with E-state index in [0.717, 1.165) is 0 Å². The van der Waals surface area contributed by atoms with Crippen molar-refractivity contribution in [3.05, 3.63) is 23.5 Å². The summed E-state index contributed by atoms with van der Waals surface area (Å²) >= 11 is 0. The average molecular weight is 243 g/mol. The number of carboxylic acid groups (broad SMARTS) is 1. The zero-order chi connectivity index (χ0) is 13.0. The van der Waals surface area contributed by atoms with Gasteiger partial charge in [-0.15, -0.1) is 0 Å². The first-order chi connectivity index (χ1) is 7.97. The maximum atomic E-state index is 13.8. The molecule has 1 rings (SSSR count). The topological polar surface area (TPSA) is 92.8 Å². The van der Waals surface area contributed by atoms with Crippen molar-refractivity contribution in [2.45, 2.75) is 18.9 Å². The van der Waals surface area contributed by atoms with E-state index in [0.29, 0.717) is 0 Å². The van der Waals surface area contributed by atoms with Crippen molar-refractivity contribution < 1.29 is 24.1 Å². The molecule has 1 atom stereocenters. The minimum absolute atomic E-state index is 0.111. The van der Waals surface area contributed by atoms with Crippen LogP contribution in [0.4, 0.5) is 4.39 Å². The number of carbonyl (C=O) groups is 1. The molecule has 0 heterocycles. The first-order valence-corrected chi connectivity index (χ1v) is 5.00. The summed E-state index contributed by atoms with van der Waals surface area (Å²) in [6, 6.07) is 1.83. The Balaban J connectivity index is 2.94. The number of nitrogens with two attached hydrogens (primary N) is 1. The molecule has 0 fully saturated rings. The minimum Gasteiger partial charge on any atom is -0.504 e. The maximum Gasteiger partial charge on any atom is 0.303 e. The van der Waals surface area contributed by atoms with E-state index < -0.39 is 17.8 Å². The summed E-state index contributed by atoms with van der Waals surface area (Å²) < 4.78 is 18.5. The highest BCUT2D eigenvalue weighted by Gasteiger charge is 2.18. The molecule has 0 saturated carbocycles. The molecule has 0 spiro atoms. The predicted molar refractivity (Wildman–Crippen MR) is 58.4 cm³/mol. The fourth-order valence-corrected chi connectivity index (χ4v) is 1.48. The largest absolute Gasteiger partial charge is 0.504 e. The summed E-state index contributed by atoms with van der Waals surface area (Å²) in [7, 11) is 1.23. The van der Waals surface area contributed by atoms with E-state index in [4.69, 9.17) is 15.6 Å². The number of methoxy groups -OCH3 is 1. The third-order valence-electron chi connectivity index (χ3n) is 2.38. The predicted octanol–water partition coefficient (Wildman–Crippen LogP) is 1.40. The third kappa shape index (κ3) is 3.07. The van der Waals surface area contributed by atoms with Gasteiger partial charge in [0.25, 0.3) is 0 Å². The van der Waals surface area contributed by atoms with Crippen LogP contribution in [0.2, 0.25) is 0 Å². The molecule has 0 aliphatic heterocycles. The van der Waals surface area contributed by atoms with Gasteiger partial charge in [-0.25, -0.2) is 4.39 Å². The molecule has 1 aromatic carbocycles. The van der Waals surface area contributed by atoms with Gasteiger partial charge in [-0.05, 0) is 12.5 Å². The molecule has 4 N–H and O–H groups in total. The van der Waals surface area contributed by atoms with E-state index in [2.05, 4.69) is 0 Å². The van der Waals surface area contributed by atoms with Crippen LogP contribution >= 0.6 is 0 Å². The molecule has 0 aromatic heterocycles. The number of hydrogen-bond acceptors (Lipinski definition) is 4. The van der Waals surface area contributed by atoms with E-state index in [9.17, 15) is 14.3 Å². The summed E-state index contributed by atoms with van der Waals surface area (Å²) in [6.45, 7) is 0. The monoisotopic (exact) mass is 243 g/mol. The van der Waals surface area contributed by atoms with Crippen LogP contribution in [0, 0.1) is 5.82 Å². The number of aliphatic carboxylic acids is 1. The lowest BCUT2D eigenvalue weighted by Crippen LogP contribution is -2.14. The smallest absolute Gasteiger partial charge is 0.303 e. The molecule has 0 saturated heterocycles. The summed E-state index contributed by atoms with van der Waals surface area (Å²) in [5, 5.41) is 17.8. The Morgan fingerprint density at radius 1 is 1.59 bits per heavy atom. The Labute approximate surface area is 97.6 Å². The number of aromatic hydroxyl groups is 1. The van der Waals surface area contributed by atoms with E-state index in [1.165, 1.54) is 19.2 Å². The zero-order valence-corrected chi connectivity index (χ0v) is 9.31. The molecule has 1 unspecified atom stereocenters. The first kappa shape index (κ1) is 13.2. The highest BCUT2D eigenvalue weighted by atomic mass is 19.1. The lowest BCUT2D eigenvalue weighted by molar-refractivity contribution is -0.137. The van der Waals surface area contributed by atoms with E-state index in [1.54, 1.807) is 0 Å². The molecular weight excluding hydrogens is 229 g/mol. The van der Waals surface area contributed by atoms with Gasteiger partial charge in [0.05, 0.1) is 7.11 Å². The van der Waals surface area contributed by atoms with Crippen LogP contribution in [0.25, 0.3) is 0 Å². The van der Waals surface area contributed by atoms with Gasteiger partial charge in [-0.1, -0.05) is 6.07 Å². The molecule has 0 bridgehead atoms. The van der Waals surface area contributed by atoms with Crippen LogP contribution < -0.4 is 10.5 Å². The number of ether oxygens (including phenoxy) is 1. The fourth-order valence-electron chi connectivity index (χ4n) is 1.48. The third-order valence-corrected chi connectivity index (χ3v) is 2.38. The number of benzene rings is 1. The Bertz CT molecular complexity index is 422. The van der Waals surface area contributed by atoms with Crippen molar-refractivity contribution in [2.75, 3.05) is 7.11 Å². The molecule has 0 amide bonds. The van der Waals surface area contributed by atoms with Crippen LogP contribution in [0.15, 0.2) is 12.1 Å². The van der Waals surface area contributed by atoms with Crippen molar-refractivity contribution >= 4 is 5.97 Å². The van der Waals surface area contributed by atoms with Crippen LogP contribution in [-0.2, 0) is 4.79 Å². The Morgan fingerprint density at radius 3 is 2.76 bits per heavy atom. The molecule has 0 aliphatic rings. The van der Waals surface area contributed by atoms with Gasteiger partial charge in [0.15, 0.2) is 17.3 Å². The number of halogens is 1. The molecular formula is C11H14FNO4. The number of phenols is 1. The van der Waals surface area contributed by atoms with Crippen molar-refractivity contribution in [1.82, 2.24) is 0 Å². The van der Waals surface area contributed by atoms with Crippen molar-refractivity contribution in [3.8, 4) is 11.5 Å². The molecule has 5 nitrogen and oxygen atoms in total. The standard InChI is InChI=1S/C11H14FNO4/c1-17-11-8(14)4-2-6(10(11)12)7(13)3-5-9(15)16/h2,4,7,14H,3,5,13H2,1H3,(H,15,16). The SMILES string of the molecule is COc1c(O)ccc(C(N)CCC(=O)O)c1F. The number of carboxylic acids is 1. The van der Waals surface area contributed by atoms with E-state index in [1.807, 2.05) is 0 Å². The highest BCUT2D eigenvalue weighted by Crippen LogP contribution is 2.33. The Kier molecular flexibility index (Phi) is 4.28. The van der Waals surface area contributed by atoms with Gasteiger partial charge in [-0.3, -0.25) is 4.79 Å². The maximum absolute atomic E-state index is 13.8. The quantitative estimate of drug-likeness (QED) is 0.727. The lowest BCUT2D eigenvalue weighted by Gasteiger charge is -2.14. The lowest BCUT2D eigenvalue weighted by atomic mass is 10.0. The second kappa shape index (κ2) is 5.49. The molecule has 1 aromatic rings. The van der Waals surface area contributed by atoms with Crippen LogP contribution in [-0.4, -0.2) is 23.3 Å². The summed E-state index contributed by atoms with van der Waals surface area (Å²) in [5.41, 5.74) is 5.80. The number of hydrogen-bond donors (Lipinski definition) is 3. The van der Waals surface area contributed by atoms with Crippen molar-refractivity contribution in [1.29, 1.82) is 0 Å². The van der Waals surface area contributed by atoms with E-state index >= 15 is 0 Å². The van der Waals surface area contributed by atoms with Gasteiger partial charge in [0.2, 0.25) is 0 Å². The second-order valence-corrected chi connectivity index (χ2v) is 3.56. The van der Waals surface area contributed by atoms with Gasteiger partial charge >= 0.3 is 5.97 Å². The first-order valence-electron chi connectivity index (χ1n) is 5.00. The molecule has 0 aliphatic carbocycles. The van der Waals surface area contributed by atoms with Crippen molar-refractivity contribution in [2.24, 2.45) is 5.73 Å². The summed E-state index contributed by atoms with van der Waals surface area (Å²) in [5.74, 6) is -2.36. The molecule has 6 heteroatoms. The fraction of sp³-hybridized carbons (Fsp3) is 0.364. The second-order valence-electron chi connectivity index (χ2n) is 3.56. The number of rotatable bonds is 5. The minimum atomic E-state index is -0.994.